The number of carbonyl (C=O) groups is 1. The Labute approximate surface area is 290 Å². The molecule has 2 bridgehead atoms. The topological polar surface area (TPSA) is 80.8 Å². The molecule has 1 fully saturated rings. The van der Waals surface area contributed by atoms with Crippen molar-refractivity contribution in [1.29, 1.82) is 0 Å². The summed E-state index contributed by atoms with van der Waals surface area (Å²) in [5.74, 6) is 5.18. The molecule has 1 amide bonds. The first-order valence-electron chi connectivity index (χ1n) is 17.4. The van der Waals surface area contributed by atoms with Gasteiger partial charge in [0.2, 0.25) is 0 Å². The maximum absolute atomic E-state index is 13.9. The van der Waals surface area contributed by atoms with Crippen LogP contribution < -0.4 is 14.4 Å². The Kier molecular flexibility index (Phi) is 9.60. The number of allylic oxidation sites excluding steroid dienone is 1. The Morgan fingerprint density at radius 1 is 1.17 bits per heavy atom. The molecular weight excluding hydrogens is 642 g/mol. The van der Waals surface area contributed by atoms with Crippen LogP contribution >= 0.6 is 11.6 Å². The second kappa shape index (κ2) is 13.9. The summed E-state index contributed by atoms with van der Waals surface area (Å²) in [7, 11) is -2.90. The first-order chi connectivity index (χ1) is 23.2. The number of nitrogens with one attached hydrogen (secondary N) is 1. The summed E-state index contributed by atoms with van der Waals surface area (Å²) in [6.07, 6.45) is 13.4. The van der Waals surface area contributed by atoms with Crippen molar-refractivity contribution in [3.8, 4) is 5.75 Å². The van der Waals surface area contributed by atoms with E-state index in [0.29, 0.717) is 43.5 Å². The number of hydrogen-bond donors (Lipinski definition) is 1. The number of halogens is 1. The zero-order valence-electron chi connectivity index (χ0n) is 27.7. The molecule has 1 spiro atoms. The van der Waals surface area contributed by atoms with E-state index in [1.54, 1.807) is 12.3 Å². The predicted molar refractivity (Wildman–Crippen MR) is 194 cm³/mol. The molecule has 1 unspecified atom stereocenters. The van der Waals surface area contributed by atoms with Gasteiger partial charge in [0.15, 0.2) is 0 Å². The predicted octanol–water partition coefficient (Wildman–Crippen LogP) is 7.31. The third kappa shape index (κ3) is 6.76. The molecule has 7 rings (SSSR count). The SMILES string of the molecule is C=S1(=O)NC(=O)c2ccc3c(c2)N(C[C@@H]2CC[C@H]2[C@@H](OCc2ccccn2)/C=C/CC[C@H]1CC)C[C@@]1(CCCc2cc(Cl)ccc21)CO3. The largest absolute Gasteiger partial charge is 0.490 e. The lowest BCUT2D eigenvalue weighted by Gasteiger charge is -2.46. The van der Waals surface area contributed by atoms with Crippen LogP contribution in [0.2, 0.25) is 5.02 Å². The third-order valence-corrected chi connectivity index (χ3v) is 13.5. The molecule has 1 N–H and O–H groups in total. The maximum atomic E-state index is 13.9. The lowest BCUT2D eigenvalue weighted by molar-refractivity contribution is -0.0237. The zero-order valence-corrected chi connectivity index (χ0v) is 29.3. The van der Waals surface area contributed by atoms with Gasteiger partial charge in [-0.15, -0.1) is 0 Å². The second-order valence-corrected chi connectivity index (χ2v) is 16.8. The summed E-state index contributed by atoms with van der Waals surface area (Å²) in [5.41, 5.74) is 4.67. The number of fused-ring (bicyclic) bond motifs is 4. The molecule has 7 nitrogen and oxygen atoms in total. The molecule has 0 radical (unpaired) electrons. The van der Waals surface area contributed by atoms with Crippen LogP contribution in [-0.4, -0.2) is 52.0 Å². The third-order valence-electron chi connectivity index (χ3n) is 11.0. The highest BCUT2D eigenvalue weighted by Crippen LogP contribution is 2.47. The van der Waals surface area contributed by atoms with Crippen molar-refractivity contribution in [1.82, 2.24) is 9.71 Å². The van der Waals surface area contributed by atoms with E-state index in [1.165, 1.54) is 11.1 Å². The van der Waals surface area contributed by atoms with Crippen molar-refractivity contribution in [3.63, 3.8) is 0 Å². The minimum Gasteiger partial charge on any atom is -0.490 e. The normalized spacial score (nSPS) is 31.0. The van der Waals surface area contributed by atoms with E-state index >= 15 is 0 Å². The lowest BCUT2D eigenvalue weighted by Crippen LogP contribution is -2.49. The molecule has 2 aromatic carbocycles. The van der Waals surface area contributed by atoms with Crippen LogP contribution in [0.25, 0.3) is 0 Å². The van der Waals surface area contributed by atoms with E-state index in [1.807, 2.05) is 43.3 Å². The van der Waals surface area contributed by atoms with E-state index in [4.69, 9.17) is 21.1 Å². The van der Waals surface area contributed by atoms with Crippen molar-refractivity contribution in [2.45, 2.75) is 81.7 Å². The van der Waals surface area contributed by atoms with Crippen LogP contribution in [0.3, 0.4) is 0 Å². The van der Waals surface area contributed by atoms with E-state index in [2.05, 4.69) is 44.8 Å². The van der Waals surface area contributed by atoms with Gasteiger partial charge in [-0.05, 0) is 123 Å². The molecule has 6 atom stereocenters. The van der Waals surface area contributed by atoms with Crippen LogP contribution in [0.5, 0.6) is 5.75 Å². The lowest BCUT2D eigenvalue weighted by atomic mass is 9.68. The van der Waals surface area contributed by atoms with E-state index < -0.39 is 9.71 Å². The minimum atomic E-state index is -2.90. The van der Waals surface area contributed by atoms with Crippen LogP contribution in [0.4, 0.5) is 5.69 Å². The van der Waals surface area contributed by atoms with Crippen molar-refractivity contribution in [3.05, 3.63) is 100 Å². The van der Waals surface area contributed by atoms with Gasteiger partial charge in [-0.1, -0.05) is 42.8 Å². The highest BCUT2D eigenvalue weighted by Gasteiger charge is 2.44. The van der Waals surface area contributed by atoms with Gasteiger partial charge in [-0.2, -0.15) is 0 Å². The molecule has 254 valence electrons. The fraction of sp³-hybridized carbons (Fsp3) is 0.462. The van der Waals surface area contributed by atoms with Gasteiger partial charge in [0.05, 0.1) is 40.4 Å². The number of aromatic nitrogens is 1. The van der Waals surface area contributed by atoms with Gasteiger partial charge in [0.25, 0.3) is 5.91 Å². The fourth-order valence-corrected chi connectivity index (χ4v) is 10.1. The summed E-state index contributed by atoms with van der Waals surface area (Å²) in [5, 5.41) is 0.516. The molecule has 2 aliphatic heterocycles. The number of ether oxygens (including phenoxy) is 2. The van der Waals surface area contributed by atoms with Crippen LogP contribution in [-0.2, 0) is 32.9 Å². The Balaban J connectivity index is 1.27. The molecule has 1 saturated carbocycles. The van der Waals surface area contributed by atoms with Crippen molar-refractivity contribution >= 4 is 38.8 Å². The number of benzene rings is 2. The van der Waals surface area contributed by atoms with E-state index in [0.717, 1.165) is 73.8 Å². The van der Waals surface area contributed by atoms with Gasteiger partial charge < -0.3 is 14.4 Å². The van der Waals surface area contributed by atoms with Crippen LogP contribution in [0, 0.1) is 11.8 Å². The monoisotopic (exact) mass is 687 g/mol. The number of nitrogens with zero attached hydrogens (tertiary/aromatic N) is 2. The molecule has 48 heavy (non-hydrogen) atoms. The molecule has 3 heterocycles. The van der Waals surface area contributed by atoms with Crippen molar-refractivity contribution in [2.75, 3.05) is 24.6 Å². The molecule has 4 aliphatic rings. The average Bonchev–Trinajstić information content (AvgIpc) is 3.21. The van der Waals surface area contributed by atoms with E-state index in [-0.39, 0.29) is 22.7 Å². The number of carbonyl (C=O) groups excluding carboxylic acids is 1. The van der Waals surface area contributed by atoms with Gasteiger partial charge >= 0.3 is 0 Å². The maximum Gasteiger partial charge on any atom is 0.262 e. The van der Waals surface area contributed by atoms with Crippen LogP contribution in [0.15, 0.2) is 72.9 Å². The number of rotatable bonds is 4. The first-order valence-corrected chi connectivity index (χ1v) is 19.6. The van der Waals surface area contributed by atoms with Crippen molar-refractivity contribution < 1.29 is 18.5 Å². The van der Waals surface area contributed by atoms with Gasteiger partial charge in [-0.3, -0.25) is 14.5 Å². The molecule has 3 aromatic rings. The highest BCUT2D eigenvalue weighted by molar-refractivity contribution is 7.99. The van der Waals surface area contributed by atoms with Gasteiger partial charge in [0, 0.05) is 40.5 Å². The number of hydrogen-bond acceptors (Lipinski definition) is 6. The zero-order chi connectivity index (χ0) is 33.3. The smallest absolute Gasteiger partial charge is 0.262 e. The standard InChI is InChI=1S/C39H46ClN3O4S/c1-3-32-11-4-5-12-36(46-24-31-10-6-7-20-41-31)33-16-13-29(33)23-43-25-39(19-8-9-27-21-30(40)15-17-34(27)39)26-47-37-18-14-28(22-35(37)43)38(44)42-48(32,2)45/h5-7,10,12,14-15,17-18,20-22,29,32-33,36H,2-4,8-9,11,13,16,19,23-26H2,1H3,(H,42,44,45)/b12-5+/t29-,32+,33+,36-,39-,48?/m0/s1. The Bertz CT molecular complexity index is 1780. The van der Waals surface area contributed by atoms with Gasteiger partial charge in [0.1, 0.15) is 5.75 Å². The summed E-state index contributed by atoms with van der Waals surface area (Å²) in [4.78, 5) is 20.6. The Hall–Kier alpha value is -3.33. The van der Waals surface area contributed by atoms with Gasteiger partial charge in [-0.25, -0.2) is 4.21 Å². The van der Waals surface area contributed by atoms with E-state index in [9.17, 15) is 9.00 Å². The summed E-state index contributed by atoms with van der Waals surface area (Å²) >= 11 is 6.47. The Morgan fingerprint density at radius 2 is 2.06 bits per heavy atom. The molecule has 9 heteroatoms. The first kappa shape index (κ1) is 33.2. The minimum absolute atomic E-state index is 0.0666. The Morgan fingerprint density at radius 3 is 2.85 bits per heavy atom. The molecule has 2 aliphatic carbocycles. The number of amides is 1. The summed E-state index contributed by atoms with van der Waals surface area (Å²) < 4.78 is 30.0. The van der Waals surface area contributed by atoms with Crippen molar-refractivity contribution in [2.24, 2.45) is 11.8 Å². The van der Waals surface area contributed by atoms with Crippen LogP contribution in [0.1, 0.15) is 79.0 Å². The fourth-order valence-electron chi connectivity index (χ4n) is 8.25. The molecule has 0 saturated heterocycles. The number of anilines is 1. The molecule has 1 aromatic heterocycles. The number of aryl methyl sites for hydroxylation is 1. The second-order valence-electron chi connectivity index (χ2n) is 14.1. The highest BCUT2D eigenvalue weighted by atomic mass is 35.5. The summed E-state index contributed by atoms with van der Waals surface area (Å²) in [6.45, 7) is 4.59. The molecular formula is C39H46ClN3O4S. The average molecular weight is 688 g/mol. The number of pyridine rings is 1. The quantitative estimate of drug-likeness (QED) is 0.229. The summed E-state index contributed by atoms with van der Waals surface area (Å²) in [6, 6.07) is 17.9.